The zero-order chi connectivity index (χ0) is 36.3. The van der Waals surface area contributed by atoms with E-state index >= 15 is 0 Å². The second-order valence-corrected chi connectivity index (χ2v) is 14.5. The minimum atomic E-state index is -4.70. The van der Waals surface area contributed by atoms with E-state index in [-0.39, 0.29) is 41.4 Å². The van der Waals surface area contributed by atoms with Crippen molar-refractivity contribution >= 4 is 41.0 Å². The molecule has 0 bridgehead atoms. The molecule has 0 saturated carbocycles. The Balaban J connectivity index is 1.10. The third kappa shape index (κ3) is 8.83. The van der Waals surface area contributed by atoms with Gasteiger partial charge < -0.3 is 35.4 Å². The SMILES string of the molecule is CN1CCN(C2CCN(C(=O)C(CCc3cc(Cl)c(N)c(C(F)(F)F)c3)OC(=O)N3CCC(N4CCc5ccccc5NC4=O)CC3)CC2)CC1. The highest BCUT2D eigenvalue weighted by molar-refractivity contribution is 6.33. The molecule has 0 aromatic heterocycles. The number of piperazine rings is 1. The fourth-order valence-corrected chi connectivity index (χ4v) is 7.96. The van der Waals surface area contributed by atoms with Gasteiger partial charge in [-0.3, -0.25) is 9.69 Å². The normalized spacial score (nSPS) is 20.8. The molecule has 6 rings (SSSR count). The molecule has 4 aliphatic rings. The summed E-state index contributed by atoms with van der Waals surface area (Å²) in [5, 5.41) is 2.77. The van der Waals surface area contributed by atoms with Gasteiger partial charge in [0.2, 0.25) is 0 Å². The first-order valence-corrected chi connectivity index (χ1v) is 18.2. The zero-order valence-electron chi connectivity index (χ0n) is 29.0. The van der Waals surface area contributed by atoms with E-state index < -0.39 is 29.6 Å². The second-order valence-electron chi connectivity index (χ2n) is 14.1. The maximum atomic E-state index is 14.0. The van der Waals surface area contributed by atoms with Crippen LogP contribution in [0.25, 0.3) is 0 Å². The molecule has 15 heteroatoms. The van der Waals surface area contributed by atoms with Crippen LogP contribution in [0, 0.1) is 0 Å². The molecule has 4 amide bonds. The average Bonchev–Trinajstić information content (AvgIpc) is 3.29. The minimum Gasteiger partial charge on any atom is -0.436 e. The number of nitrogens with one attached hydrogen (secondary N) is 1. The predicted octanol–water partition coefficient (Wildman–Crippen LogP) is 5.17. The van der Waals surface area contributed by atoms with Crippen LogP contribution in [0.4, 0.5) is 34.1 Å². The molecule has 2 aromatic carbocycles. The predicted molar refractivity (Wildman–Crippen MR) is 189 cm³/mol. The number of urea groups is 1. The minimum absolute atomic E-state index is 0.0130. The number of aryl methyl sites for hydroxylation is 1. The van der Waals surface area contributed by atoms with Crippen LogP contribution >= 0.6 is 11.6 Å². The Morgan fingerprint density at radius 2 is 1.59 bits per heavy atom. The van der Waals surface area contributed by atoms with Gasteiger partial charge in [0.25, 0.3) is 5.91 Å². The highest BCUT2D eigenvalue weighted by Gasteiger charge is 2.37. The topological polar surface area (TPSA) is 115 Å². The van der Waals surface area contributed by atoms with Gasteiger partial charge in [-0.25, -0.2) is 9.59 Å². The number of nitrogen functional groups attached to an aromatic ring is 1. The van der Waals surface area contributed by atoms with Gasteiger partial charge in [-0.2, -0.15) is 13.2 Å². The van der Waals surface area contributed by atoms with Gasteiger partial charge >= 0.3 is 18.3 Å². The van der Waals surface area contributed by atoms with Crippen molar-refractivity contribution in [3.63, 3.8) is 0 Å². The number of anilines is 2. The van der Waals surface area contributed by atoms with Gasteiger partial charge in [0, 0.05) is 76.7 Å². The largest absolute Gasteiger partial charge is 0.436 e. The fourth-order valence-electron chi connectivity index (χ4n) is 7.72. The summed E-state index contributed by atoms with van der Waals surface area (Å²) >= 11 is 6.08. The van der Waals surface area contributed by atoms with E-state index in [0.717, 1.165) is 62.8 Å². The number of amides is 4. The van der Waals surface area contributed by atoms with Crippen molar-refractivity contribution in [1.29, 1.82) is 0 Å². The number of para-hydroxylation sites is 1. The Hall–Kier alpha value is -3.75. The number of rotatable bonds is 7. The molecular formula is C36H47ClF3N7O4. The number of fused-ring (bicyclic) bond motifs is 1. The van der Waals surface area contributed by atoms with Crippen molar-refractivity contribution < 1.29 is 32.3 Å². The lowest BCUT2D eigenvalue weighted by Crippen LogP contribution is -2.54. The van der Waals surface area contributed by atoms with E-state index in [2.05, 4.69) is 22.2 Å². The van der Waals surface area contributed by atoms with E-state index in [4.69, 9.17) is 22.1 Å². The number of piperidine rings is 2. The Labute approximate surface area is 301 Å². The molecule has 3 fully saturated rings. The highest BCUT2D eigenvalue weighted by Crippen LogP contribution is 2.38. The lowest BCUT2D eigenvalue weighted by Gasteiger charge is -2.42. The van der Waals surface area contributed by atoms with Gasteiger partial charge in [0.1, 0.15) is 0 Å². The number of ether oxygens (including phenoxy) is 1. The lowest BCUT2D eigenvalue weighted by molar-refractivity contribution is -0.143. The molecule has 0 radical (unpaired) electrons. The first-order valence-electron chi connectivity index (χ1n) is 17.8. The quantitative estimate of drug-likeness (QED) is 0.378. The number of hydrogen-bond acceptors (Lipinski definition) is 7. The molecule has 4 heterocycles. The van der Waals surface area contributed by atoms with Crippen molar-refractivity contribution in [3.05, 3.63) is 58.1 Å². The third-order valence-corrected chi connectivity index (χ3v) is 11.2. The maximum absolute atomic E-state index is 14.0. The summed E-state index contributed by atoms with van der Waals surface area (Å²) in [5.41, 5.74) is 6.16. The van der Waals surface area contributed by atoms with Crippen LogP contribution in [-0.2, 0) is 28.5 Å². The Morgan fingerprint density at radius 1 is 0.941 bits per heavy atom. The van der Waals surface area contributed by atoms with Gasteiger partial charge in [-0.05, 0) is 81.3 Å². The fraction of sp³-hybridized carbons (Fsp3) is 0.583. The molecule has 0 spiro atoms. The molecule has 3 saturated heterocycles. The molecule has 4 aliphatic heterocycles. The summed E-state index contributed by atoms with van der Waals surface area (Å²) in [6.45, 7) is 6.19. The summed E-state index contributed by atoms with van der Waals surface area (Å²) in [7, 11) is 2.11. The van der Waals surface area contributed by atoms with E-state index in [1.54, 1.807) is 9.80 Å². The summed E-state index contributed by atoms with van der Waals surface area (Å²) < 4.78 is 47.0. The number of carbonyl (C=O) groups excluding carboxylic acids is 3. The van der Waals surface area contributed by atoms with Crippen molar-refractivity contribution in [2.24, 2.45) is 0 Å². The Kier molecular flexibility index (Phi) is 11.5. The third-order valence-electron chi connectivity index (χ3n) is 10.8. The Morgan fingerprint density at radius 3 is 2.27 bits per heavy atom. The van der Waals surface area contributed by atoms with Crippen molar-refractivity contribution in [2.45, 2.75) is 69.3 Å². The molecule has 1 atom stereocenters. The standard InChI is InChI=1S/C36H47ClF3N7O4/c1-43-18-20-44(21-19-43)26-9-13-45(14-10-26)33(48)31(7-6-24-22-28(36(38,39)40)32(41)29(37)23-24)51-35(50)46-15-11-27(12-16-46)47-17-8-25-4-2-3-5-30(25)42-34(47)49/h2-5,22-23,26-27,31H,6-21,41H2,1H3,(H,42,49). The summed E-state index contributed by atoms with van der Waals surface area (Å²) in [6.07, 6.45) is -3.18. The molecular weight excluding hydrogens is 687 g/mol. The van der Waals surface area contributed by atoms with Crippen LogP contribution in [-0.4, -0.2) is 127 Å². The first kappa shape index (κ1) is 37.0. The van der Waals surface area contributed by atoms with E-state index in [1.807, 2.05) is 29.2 Å². The van der Waals surface area contributed by atoms with Crippen LogP contribution in [0.3, 0.4) is 0 Å². The molecule has 11 nitrogen and oxygen atoms in total. The van der Waals surface area contributed by atoms with Crippen LogP contribution in [0.5, 0.6) is 0 Å². The van der Waals surface area contributed by atoms with Crippen LogP contribution in [0.15, 0.2) is 36.4 Å². The number of likely N-dealkylation sites (tertiary alicyclic amines) is 2. The number of alkyl halides is 3. The number of likely N-dealkylation sites (N-methyl/N-ethyl adjacent to an activating group) is 1. The number of carbonyl (C=O) groups is 3. The molecule has 3 N–H and O–H groups in total. The summed E-state index contributed by atoms with van der Waals surface area (Å²) in [4.78, 5) is 50.5. The van der Waals surface area contributed by atoms with Crippen molar-refractivity contribution in [2.75, 3.05) is 77.0 Å². The molecule has 0 aliphatic carbocycles. The number of hydrogen-bond donors (Lipinski definition) is 2. The van der Waals surface area contributed by atoms with E-state index in [1.165, 1.54) is 6.07 Å². The average molecular weight is 734 g/mol. The van der Waals surface area contributed by atoms with Crippen molar-refractivity contribution in [1.82, 2.24) is 24.5 Å². The van der Waals surface area contributed by atoms with E-state index in [0.29, 0.717) is 51.6 Å². The highest BCUT2D eigenvalue weighted by atomic mass is 35.5. The smallest absolute Gasteiger partial charge is 0.418 e. The second kappa shape index (κ2) is 15.9. The first-order chi connectivity index (χ1) is 24.4. The number of nitrogens with zero attached hydrogens (tertiary/aromatic N) is 5. The van der Waals surface area contributed by atoms with E-state index in [9.17, 15) is 27.6 Å². The monoisotopic (exact) mass is 733 g/mol. The van der Waals surface area contributed by atoms with Gasteiger partial charge in [-0.1, -0.05) is 29.8 Å². The molecule has 1 unspecified atom stereocenters. The summed E-state index contributed by atoms with van der Waals surface area (Å²) in [5.74, 6) is -0.353. The zero-order valence-corrected chi connectivity index (χ0v) is 29.7. The van der Waals surface area contributed by atoms with Gasteiger partial charge in [0.15, 0.2) is 6.10 Å². The Bertz CT molecular complexity index is 1570. The molecule has 278 valence electrons. The van der Waals surface area contributed by atoms with Gasteiger partial charge in [-0.15, -0.1) is 0 Å². The number of halogens is 4. The maximum Gasteiger partial charge on any atom is 0.418 e. The lowest BCUT2D eigenvalue weighted by atomic mass is 9.99. The number of benzene rings is 2. The summed E-state index contributed by atoms with van der Waals surface area (Å²) in [6, 6.07) is 10.2. The van der Waals surface area contributed by atoms with Gasteiger partial charge in [0.05, 0.1) is 16.3 Å². The van der Waals surface area contributed by atoms with Crippen molar-refractivity contribution in [3.8, 4) is 0 Å². The van der Waals surface area contributed by atoms with Crippen LogP contribution in [0.2, 0.25) is 5.02 Å². The van der Waals surface area contributed by atoms with Crippen LogP contribution in [0.1, 0.15) is 48.8 Å². The number of nitrogens with two attached hydrogens (primary N) is 1. The molecule has 2 aromatic rings. The molecule has 51 heavy (non-hydrogen) atoms. The van der Waals surface area contributed by atoms with Crippen LogP contribution < -0.4 is 11.1 Å².